The van der Waals surface area contributed by atoms with Crippen molar-refractivity contribution in [2.45, 2.75) is 13.8 Å². The number of aromatic carboxylic acids is 1. The van der Waals surface area contributed by atoms with Crippen LogP contribution in [0.25, 0.3) is 5.65 Å². The maximum absolute atomic E-state index is 11.1. The average Bonchev–Trinajstić information content (AvgIpc) is 2.89. The fourth-order valence-corrected chi connectivity index (χ4v) is 2.05. The van der Waals surface area contributed by atoms with E-state index in [2.05, 4.69) is 10.1 Å². The first-order chi connectivity index (χ1) is 10.0. The standard InChI is InChI=1S/C15H13N3O3/c1-9-5-13-16-8-17-18(13)14(6-9)21-12-7-11(15(19)20)4-3-10(12)2/h3-8H,1-2H3,(H,19,20). The fourth-order valence-electron chi connectivity index (χ4n) is 2.05. The van der Waals surface area contributed by atoms with Gasteiger partial charge in [0.1, 0.15) is 12.1 Å². The van der Waals surface area contributed by atoms with E-state index >= 15 is 0 Å². The van der Waals surface area contributed by atoms with E-state index in [1.54, 1.807) is 16.6 Å². The van der Waals surface area contributed by atoms with E-state index in [1.165, 1.54) is 12.4 Å². The van der Waals surface area contributed by atoms with Gasteiger partial charge in [0.25, 0.3) is 0 Å². The first-order valence-corrected chi connectivity index (χ1v) is 6.37. The Morgan fingerprint density at radius 2 is 2.05 bits per heavy atom. The molecule has 0 saturated carbocycles. The second-order valence-electron chi connectivity index (χ2n) is 4.79. The number of carboxylic acid groups (broad SMARTS) is 1. The van der Waals surface area contributed by atoms with Gasteiger partial charge in [0.15, 0.2) is 5.65 Å². The molecule has 3 aromatic rings. The second-order valence-corrected chi connectivity index (χ2v) is 4.79. The van der Waals surface area contributed by atoms with E-state index in [4.69, 9.17) is 9.84 Å². The van der Waals surface area contributed by atoms with Gasteiger partial charge < -0.3 is 9.84 Å². The van der Waals surface area contributed by atoms with Crippen LogP contribution in [0, 0.1) is 13.8 Å². The molecule has 0 atom stereocenters. The van der Waals surface area contributed by atoms with E-state index in [1.807, 2.05) is 26.0 Å². The summed E-state index contributed by atoms with van der Waals surface area (Å²) < 4.78 is 7.42. The van der Waals surface area contributed by atoms with E-state index in [0.717, 1.165) is 11.1 Å². The molecule has 2 aromatic heterocycles. The lowest BCUT2D eigenvalue weighted by Gasteiger charge is -2.11. The Morgan fingerprint density at radius 3 is 2.81 bits per heavy atom. The molecule has 0 spiro atoms. The van der Waals surface area contributed by atoms with Gasteiger partial charge in [-0.1, -0.05) is 6.07 Å². The average molecular weight is 283 g/mol. The van der Waals surface area contributed by atoms with E-state index in [-0.39, 0.29) is 5.56 Å². The number of carboxylic acids is 1. The number of carbonyl (C=O) groups is 1. The van der Waals surface area contributed by atoms with Gasteiger partial charge in [-0.15, -0.1) is 0 Å². The van der Waals surface area contributed by atoms with E-state index in [9.17, 15) is 4.79 Å². The number of hydrogen-bond acceptors (Lipinski definition) is 4. The molecule has 0 aliphatic heterocycles. The van der Waals surface area contributed by atoms with Gasteiger partial charge >= 0.3 is 5.97 Å². The highest BCUT2D eigenvalue weighted by Gasteiger charge is 2.11. The molecule has 6 heteroatoms. The summed E-state index contributed by atoms with van der Waals surface area (Å²) in [6.45, 7) is 3.79. The molecule has 0 bridgehead atoms. The Bertz CT molecular complexity index is 839. The van der Waals surface area contributed by atoms with Gasteiger partial charge in [-0.3, -0.25) is 0 Å². The highest BCUT2D eigenvalue weighted by atomic mass is 16.5. The van der Waals surface area contributed by atoms with Crippen molar-refractivity contribution in [2.75, 3.05) is 0 Å². The summed E-state index contributed by atoms with van der Waals surface area (Å²) in [5, 5.41) is 13.2. The smallest absolute Gasteiger partial charge is 0.335 e. The molecular weight excluding hydrogens is 270 g/mol. The number of fused-ring (bicyclic) bond motifs is 1. The van der Waals surface area contributed by atoms with Crippen LogP contribution in [0.2, 0.25) is 0 Å². The van der Waals surface area contributed by atoms with Crippen LogP contribution >= 0.6 is 0 Å². The number of pyridine rings is 1. The number of rotatable bonds is 3. The van der Waals surface area contributed by atoms with Gasteiger partial charge in [0.2, 0.25) is 5.88 Å². The largest absolute Gasteiger partial charge is 0.478 e. The summed E-state index contributed by atoms with van der Waals surface area (Å²) in [5.74, 6) is -0.0135. The third-order valence-electron chi connectivity index (χ3n) is 3.14. The van der Waals surface area contributed by atoms with Crippen LogP contribution in [-0.2, 0) is 0 Å². The SMILES string of the molecule is Cc1cc(Oc2cc(C(=O)O)ccc2C)n2ncnc2c1. The topological polar surface area (TPSA) is 76.7 Å². The monoisotopic (exact) mass is 283 g/mol. The normalized spacial score (nSPS) is 10.8. The molecule has 1 N–H and O–H groups in total. The number of nitrogens with zero attached hydrogens (tertiary/aromatic N) is 3. The molecule has 106 valence electrons. The van der Waals surface area contributed by atoms with Crippen LogP contribution in [0.15, 0.2) is 36.7 Å². The quantitative estimate of drug-likeness (QED) is 0.799. The molecule has 3 rings (SSSR count). The summed E-state index contributed by atoms with van der Waals surface area (Å²) in [7, 11) is 0. The van der Waals surface area contributed by atoms with Crippen LogP contribution in [0.5, 0.6) is 11.6 Å². The second kappa shape index (κ2) is 4.90. The molecule has 21 heavy (non-hydrogen) atoms. The highest BCUT2D eigenvalue weighted by Crippen LogP contribution is 2.27. The fraction of sp³-hybridized carbons (Fsp3) is 0.133. The number of aryl methyl sites for hydroxylation is 2. The third-order valence-corrected chi connectivity index (χ3v) is 3.14. The Morgan fingerprint density at radius 1 is 1.24 bits per heavy atom. The number of hydrogen-bond donors (Lipinski definition) is 1. The van der Waals surface area contributed by atoms with Gasteiger partial charge in [-0.25, -0.2) is 9.78 Å². The number of aromatic nitrogens is 3. The van der Waals surface area contributed by atoms with Crippen molar-refractivity contribution in [3.63, 3.8) is 0 Å². The van der Waals surface area contributed by atoms with Crippen LogP contribution in [0.4, 0.5) is 0 Å². The predicted molar refractivity (Wildman–Crippen MR) is 75.9 cm³/mol. The maximum Gasteiger partial charge on any atom is 0.335 e. The van der Waals surface area contributed by atoms with Crippen molar-refractivity contribution >= 4 is 11.6 Å². The lowest BCUT2D eigenvalue weighted by molar-refractivity contribution is 0.0696. The van der Waals surface area contributed by atoms with Crippen molar-refractivity contribution < 1.29 is 14.6 Å². The van der Waals surface area contributed by atoms with E-state index in [0.29, 0.717) is 17.3 Å². The van der Waals surface area contributed by atoms with Gasteiger partial charge in [0.05, 0.1) is 5.56 Å². The lowest BCUT2D eigenvalue weighted by atomic mass is 10.1. The Labute approximate surface area is 120 Å². The van der Waals surface area contributed by atoms with Crippen LogP contribution in [-0.4, -0.2) is 25.7 Å². The molecule has 6 nitrogen and oxygen atoms in total. The lowest BCUT2D eigenvalue weighted by Crippen LogP contribution is -2.00. The molecule has 0 radical (unpaired) electrons. The van der Waals surface area contributed by atoms with Crippen molar-refractivity contribution in [1.82, 2.24) is 14.6 Å². The molecule has 0 amide bonds. The third kappa shape index (κ3) is 2.43. The Balaban J connectivity index is 2.08. The zero-order chi connectivity index (χ0) is 15.0. The molecular formula is C15H13N3O3. The molecule has 2 heterocycles. The van der Waals surface area contributed by atoms with Gasteiger partial charge in [-0.05, 0) is 43.2 Å². The minimum Gasteiger partial charge on any atom is -0.478 e. The summed E-state index contributed by atoms with van der Waals surface area (Å²) in [5.41, 5.74) is 2.68. The summed E-state index contributed by atoms with van der Waals surface area (Å²) in [6.07, 6.45) is 1.45. The molecule has 0 fully saturated rings. The van der Waals surface area contributed by atoms with Crippen LogP contribution < -0.4 is 4.74 Å². The molecule has 0 unspecified atom stereocenters. The first-order valence-electron chi connectivity index (χ1n) is 6.37. The van der Waals surface area contributed by atoms with Crippen molar-refractivity contribution in [2.24, 2.45) is 0 Å². The minimum absolute atomic E-state index is 0.179. The maximum atomic E-state index is 11.1. The molecule has 0 aliphatic carbocycles. The Hall–Kier alpha value is -2.89. The summed E-state index contributed by atoms with van der Waals surface area (Å²) in [4.78, 5) is 15.2. The van der Waals surface area contributed by atoms with Crippen molar-refractivity contribution in [1.29, 1.82) is 0 Å². The van der Waals surface area contributed by atoms with Gasteiger partial charge in [0, 0.05) is 6.07 Å². The zero-order valence-corrected chi connectivity index (χ0v) is 11.6. The molecule has 1 aromatic carbocycles. The Kier molecular flexibility index (Phi) is 3.06. The summed E-state index contributed by atoms with van der Waals surface area (Å²) in [6, 6.07) is 8.48. The zero-order valence-electron chi connectivity index (χ0n) is 11.6. The molecule has 0 saturated heterocycles. The first kappa shape index (κ1) is 13.1. The molecule has 0 aliphatic rings. The number of benzene rings is 1. The van der Waals surface area contributed by atoms with Gasteiger partial charge in [-0.2, -0.15) is 9.61 Å². The minimum atomic E-state index is -0.991. The van der Waals surface area contributed by atoms with E-state index < -0.39 is 5.97 Å². The van der Waals surface area contributed by atoms with Crippen LogP contribution in [0.1, 0.15) is 21.5 Å². The summed E-state index contributed by atoms with van der Waals surface area (Å²) >= 11 is 0. The van der Waals surface area contributed by atoms with Crippen LogP contribution in [0.3, 0.4) is 0 Å². The van der Waals surface area contributed by atoms with Crippen molar-refractivity contribution in [3.05, 3.63) is 53.3 Å². The number of ether oxygens (including phenoxy) is 1. The van der Waals surface area contributed by atoms with Crippen molar-refractivity contribution in [3.8, 4) is 11.6 Å². The highest BCUT2D eigenvalue weighted by molar-refractivity contribution is 5.88. The predicted octanol–water partition coefficient (Wildman–Crippen LogP) is 2.84.